The van der Waals surface area contributed by atoms with E-state index in [1.165, 1.54) is 23.9 Å². The van der Waals surface area contributed by atoms with E-state index in [1.807, 2.05) is 6.26 Å². The zero-order valence-corrected chi connectivity index (χ0v) is 17.2. The monoisotopic (exact) mass is 474 g/mol. The van der Waals surface area contributed by atoms with Gasteiger partial charge >= 0.3 is 6.18 Å². The van der Waals surface area contributed by atoms with Gasteiger partial charge in [0.1, 0.15) is 6.04 Å². The van der Waals surface area contributed by atoms with Gasteiger partial charge in [-0.15, -0.1) is 0 Å². The second-order valence-electron chi connectivity index (χ2n) is 5.86. The van der Waals surface area contributed by atoms with Crippen LogP contribution in [0.3, 0.4) is 0 Å². The Hall–Kier alpha value is -2.00. The molecule has 0 fully saturated rings. The molecule has 2 rings (SSSR count). The fourth-order valence-electron chi connectivity index (χ4n) is 2.39. The van der Waals surface area contributed by atoms with Crippen LogP contribution in [0.25, 0.3) is 0 Å². The molecule has 0 aromatic heterocycles. The molecule has 0 radical (unpaired) electrons. The molecule has 9 heteroatoms. The first-order valence-corrected chi connectivity index (χ1v) is 10.4. The van der Waals surface area contributed by atoms with E-state index in [-0.39, 0.29) is 10.2 Å². The van der Waals surface area contributed by atoms with Gasteiger partial charge in [0.15, 0.2) is 0 Å². The van der Waals surface area contributed by atoms with E-state index in [0.29, 0.717) is 17.7 Å². The van der Waals surface area contributed by atoms with E-state index in [4.69, 9.17) is 0 Å². The predicted molar refractivity (Wildman–Crippen MR) is 108 cm³/mol. The number of alkyl halides is 3. The van der Waals surface area contributed by atoms with E-state index in [1.54, 1.807) is 30.3 Å². The van der Waals surface area contributed by atoms with Gasteiger partial charge < -0.3 is 10.6 Å². The van der Waals surface area contributed by atoms with Crippen LogP contribution in [0.15, 0.2) is 53.0 Å². The van der Waals surface area contributed by atoms with Crippen molar-refractivity contribution in [3.05, 3.63) is 64.1 Å². The highest BCUT2D eigenvalue weighted by molar-refractivity contribution is 9.10. The lowest BCUT2D eigenvalue weighted by molar-refractivity contribution is -0.138. The highest BCUT2D eigenvalue weighted by Gasteiger charge is 2.33. The lowest BCUT2D eigenvalue weighted by atomic mass is 10.1. The molecule has 1 atom stereocenters. The number of benzene rings is 2. The fourth-order valence-corrected chi connectivity index (χ4v) is 3.33. The summed E-state index contributed by atoms with van der Waals surface area (Å²) in [6, 6.07) is 11.0. The quantitative estimate of drug-likeness (QED) is 0.596. The number of carbonyl (C=O) groups is 2. The van der Waals surface area contributed by atoms with E-state index in [2.05, 4.69) is 26.6 Å². The number of amides is 2. The van der Waals surface area contributed by atoms with Gasteiger partial charge in [0.2, 0.25) is 5.91 Å². The van der Waals surface area contributed by atoms with Crippen LogP contribution in [0.4, 0.5) is 18.9 Å². The van der Waals surface area contributed by atoms with Crippen molar-refractivity contribution in [3.63, 3.8) is 0 Å². The minimum atomic E-state index is -4.56. The average molecular weight is 475 g/mol. The summed E-state index contributed by atoms with van der Waals surface area (Å²) in [5, 5.41) is 5.11. The summed E-state index contributed by atoms with van der Waals surface area (Å²) in [5.41, 5.74) is -0.490. The van der Waals surface area contributed by atoms with Gasteiger partial charge in [-0.3, -0.25) is 9.59 Å². The summed E-state index contributed by atoms with van der Waals surface area (Å²) in [7, 11) is 0. The summed E-state index contributed by atoms with van der Waals surface area (Å²) in [6.45, 7) is 0. The second kappa shape index (κ2) is 9.97. The first-order valence-electron chi connectivity index (χ1n) is 8.25. The maximum Gasteiger partial charge on any atom is 0.417 e. The minimum Gasteiger partial charge on any atom is -0.340 e. The van der Waals surface area contributed by atoms with Crippen molar-refractivity contribution in [3.8, 4) is 0 Å². The van der Waals surface area contributed by atoms with Crippen LogP contribution in [0, 0.1) is 0 Å². The molecule has 28 heavy (non-hydrogen) atoms. The van der Waals surface area contributed by atoms with Crippen LogP contribution < -0.4 is 10.6 Å². The van der Waals surface area contributed by atoms with Crippen LogP contribution in [0.2, 0.25) is 0 Å². The summed E-state index contributed by atoms with van der Waals surface area (Å²) >= 11 is 4.36. The topological polar surface area (TPSA) is 58.2 Å². The molecule has 0 saturated carbocycles. The lowest BCUT2D eigenvalue weighted by Gasteiger charge is -2.19. The largest absolute Gasteiger partial charge is 0.417 e. The van der Waals surface area contributed by atoms with Crippen molar-refractivity contribution in [2.45, 2.75) is 18.6 Å². The zero-order valence-electron chi connectivity index (χ0n) is 14.8. The SMILES string of the molecule is CSCCC(NC(=O)c1ccccc1)C(=O)Nc1ccc(Br)c(C(F)(F)F)c1. The maximum atomic E-state index is 13.0. The normalized spacial score (nSPS) is 12.3. The number of rotatable bonds is 7. The summed E-state index contributed by atoms with van der Waals surface area (Å²) in [6.07, 6.45) is -2.36. The average Bonchev–Trinajstić information content (AvgIpc) is 2.66. The molecule has 0 aliphatic heterocycles. The molecule has 2 aromatic carbocycles. The smallest absolute Gasteiger partial charge is 0.340 e. The maximum absolute atomic E-state index is 13.0. The molecule has 1 unspecified atom stereocenters. The molecule has 2 aromatic rings. The number of hydrogen-bond acceptors (Lipinski definition) is 3. The first kappa shape index (κ1) is 22.3. The molecule has 0 aliphatic carbocycles. The third-order valence-electron chi connectivity index (χ3n) is 3.81. The molecular formula is C19H18BrF3N2O2S. The second-order valence-corrected chi connectivity index (χ2v) is 7.70. The van der Waals surface area contributed by atoms with E-state index in [9.17, 15) is 22.8 Å². The minimum absolute atomic E-state index is 0.00337. The van der Waals surface area contributed by atoms with Crippen LogP contribution in [-0.2, 0) is 11.0 Å². The van der Waals surface area contributed by atoms with Gasteiger partial charge in [-0.25, -0.2) is 0 Å². The van der Waals surface area contributed by atoms with E-state index >= 15 is 0 Å². The lowest BCUT2D eigenvalue weighted by Crippen LogP contribution is -2.44. The van der Waals surface area contributed by atoms with Gasteiger partial charge in [-0.2, -0.15) is 24.9 Å². The Balaban J connectivity index is 2.16. The Labute approximate surface area is 173 Å². The molecule has 150 valence electrons. The molecule has 2 N–H and O–H groups in total. The van der Waals surface area contributed by atoms with Crippen molar-refractivity contribution < 1.29 is 22.8 Å². The van der Waals surface area contributed by atoms with Gasteiger partial charge in [0.25, 0.3) is 5.91 Å². The number of nitrogens with one attached hydrogen (secondary N) is 2. The number of thioether (sulfide) groups is 1. The highest BCUT2D eigenvalue weighted by Crippen LogP contribution is 2.36. The Bertz CT molecular complexity index is 832. The van der Waals surface area contributed by atoms with Gasteiger partial charge in [0.05, 0.1) is 5.56 Å². The molecule has 4 nitrogen and oxygen atoms in total. The molecule has 0 spiro atoms. The fraction of sp³-hybridized carbons (Fsp3) is 0.263. The van der Waals surface area contributed by atoms with Gasteiger partial charge in [-0.05, 0) is 48.8 Å². The summed E-state index contributed by atoms with van der Waals surface area (Å²) in [5.74, 6) is -0.399. The van der Waals surface area contributed by atoms with Crippen molar-refractivity contribution in [1.29, 1.82) is 0 Å². The van der Waals surface area contributed by atoms with Crippen molar-refractivity contribution in [1.82, 2.24) is 5.32 Å². The highest BCUT2D eigenvalue weighted by atomic mass is 79.9. The number of halogens is 4. The Morgan fingerprint density at radius 3 is 2.43 bits per heavy atom. The van der Waals surface area contributed by atoms with Crippen LogP contribution in [0.1, 0.15) is 22.3 Å². The number of anilines is 1. The Morgan fingerprint density at radius 1 is 1.14 bits per heavy atom. The van der Waals surface area contributed by atoms with Crippen molar-refractivity contribution in [2.24, 2.45) is 0 Å². The van der Waals surface area contributed by atoms with Crippen LogP contribution >= 0.6 is 27.7 Å². The summed E-state index contributed by atoms with van der Waals surface area (Å²) < 4.78 is 39.0. The third kappa shape index (κ3) is 6.27. The Morgan fingerprint density at radius 2 is 1.82 bits per heavy atom. The number of carbonyl (C=O) groups excluding carboxylic acids is 2. The van der Waals surface area contributed by atoms with Crippen LogP contribution in [0.5, 0.6) is 0 Å². The zero-order chi connectivity index (χ0) is 20.7. The molecule has 0 heterocycles. The molecular weight excluding hydrogens is 457 g/mol. The third-order valence-corrected chi connectivity index (χ3v) is 5.14. The summed E-state index contributed by atoms with van der Waals surface area (Å²) in [4.78, 5) is 25.0. The number of hydrogen-bond donors (Lipinski definition) is 2. The van der Waals surface area contributed by atoms with Gasteiger partial charge in [-0.1, -0.05) is 34.1 Å². The van der Waals surface area contributed by atoms with Crippen molar-refractivity contribution in [2.75, 3.05) is 17.3 Å². The molecule has 0 aliphatic rings. The standard InChI is InChI=1S/C19H18BrF3N2O2S/c1-28-10-9-16(25-17(26)12-5-3-2-4-6-12)18(27)24-13-7-8-15(20)14(11-13)19(21,22)23/h2-8,11,16H,9-10H2,1H3,(H,24,27)(H,25,26). The van der Waals surface area contributed by atoms with Gasteiger partial charge in [0, 0.05) is 15.7 Å². The Kier molecular flexibility index (Phi) is 7.94. The first-order chi connectivity index (χ1) is 13.2. The van der Waals surface area contributed by atoms with Crippen molar-refractivity contribution >= 4 is 45.2 Å². The molecule has 2 amide bonds. The van der Waals surface area contributed by atoms with Crippen LogP contribution in [-0.4, -0.2) is 29.9 Å². The van der Waals surface area contributed by atoms with E-state index in [0.717, 1.165) is 6.07 Å². The van der Waals surface area contributed by atoms with E-state index < -0.39 is 29.6 Å². The molecule has 0 bridgehead atoms. The predicted octanol–water partition coefficient (Wildman–Crippen LogP) is 4.96. The molecule has 0 saturated heterocycles.